The van der Waals surface area contributed by atoms with Gasteiger partial charge in [0.05, 0.1) is 13.2 Å². The topological polar surface area (TPSA) is 110 Å². The van der Waals surface area contributed by atoms with Gasteiger partial charge in [-0.3, -0.25) is 0 Å². The van der Waals surface area contributed by atoms with Gasteiger partial charge in [-0.2, -0.15) is 0 Å². The van der Waals surface area contributed by atoms with Gasteiger partial charge >= 0.3 is 0 Å². The number of hydrogen-bond donors (Lipinski definition) is 5. The third kappa shape index (κ3) is 18.9. The Kier molecular flexibility index (Phi) is 26.8. The molecule has 6 heteroatoms. The van der Waals surface area contributed by atoms with Crippen LogP contribution in [0.3, 0.4) is 0 Å². The quantitative estimate of drug-likeness (QED) is 0.0632. The molecular weight excluding hydrogens is 480 g/mol. The van der Waals surface area contributed by atoms with Crippen molar-refractivity contribution in [2.75, 3.05) is 19.8 Å². The van der Waals surface area contributed by atoms with Crippen molar-refractivity contribution in [3.05, 3.63) is 0 Å². The fourth-order valence-corrected chi connectivity index (χ4v) is 5.39. The van der Waals surface area contributed by atoms with E-state index in [2.05, 4.69) is 13.8 Å². The maximum atomic E-state index is 11.4. The van der Waals surface area contributed by atoms with Crippen molar-refractivity contribution < 1.29 is 30.3 Å². The summed E-state index contributed by atoms with van der Waals surface area (Å²) in [6.45, 7) is 3.63. The summed E-state index contributed by atoms with van der Waals surface area (Å²) in [7, 11) is 0. The molecule has 0 amide bonds. The van der Waals surface area contributed by atoms with Crippen LogP contribution in [0.4, 0.5) is 0 Å². The molecule has 0 aliphatic rings. The van der Waals surface area contributed by atoms with Crippen LogP contribution in [0.25, 0.3) is 0 Å². The minimum atomic E-state index is -1.80. The summed E-state index contributed by atoms with van der Waals surface area (Å²) in [5.41, 5.74) is -1.80. The number of aliphatic hydroxyl groups excluding tert-OH is 4. The number of ether oxygens (including phenoxy) is 1. The van der Waals surface area contributed by atoms with Crippen LogP contribution in [0.5, 0.6) is 0 Å². The lowest BCUT2D eigenvalue weighted by Crippen LogP contribution is -2.59. The van der Waals surface area contributed by atoms with Gasteiger partial charge in [0.1, 0.15) is 23.9 Å². The van der Waals surface area contributed by atoms with Gasteiger partial charge in [0.15, 0.2) is 0 Å². The molecule has 0 aromatic heterocycles. The molecule has 0 aromatic rings. The molecule has 0 rings (SSSR count). The number of rotatable bonds is 30. The number of aliphatic hydroxyl groups is 5. The molecule has 0 unspecified atom stereocenters. The highest BCUT2D eigenvalue weighted by Gasteiger charge is 2.46. The predicted molar refractivity (Wildman–Crippen MR) is 158 cm³/mol. The van der Waals surface area contributed by atoms with E-state index in [1.165, 1.54) is 96.3 Å². The highest BCUT2D eigenvalue weighted by molar-refractivity contribution is 4.97. The van der Waals surface area contributed by atoms with Crippen molar-refractivity contribution in [1.82, 2.24) is 0 Å². The van der Waals surface area contributed by atoms with E-state index < -0.39 is 37.1 Å². The first-order valence-corrected chi connectivity index (χ1v) is 16.4. The zero-order chi connectivity index (χ0) is 28.3. The Balaban J connectivity index is 4.33. The molecule has 0 heterocycles. The van der Waals surface area contributed by atoms with E-state index in [-0.39, 0.29) is 6.42 Å². The zero-order valence-electron chi connectivity index (χ0n) is 25.3. The van der Waals surface area contributed by atoms with E-state index in [4.69, 9.17) is 4.74 Å². The molecule has 0 radical (unpaired) electrons. The van der Waals surface area contributed by atoms with E-state index >= 15 is 0 Å². The first kappa shape index (κ1) is 37.8. The van der Waals surface area contributed by atoms with Crippen molar-refractivity contribution in [3.63, 3.8) is 0 Å². The van der Waals surface area contributed by atoms with Crippen molar-refractivity contribution in [2.45, 2.75) is 185 Å². The highest BCUT2D eigenvalue weighted by atomic mass is 16.5. The van der Waals surface area contributed by atoms with Crippen LogP contribution in [0.15, 0.2) is 0 Å². The number of unbranched alkanes of at least 4 members (excludes halogenated alkanes) is 20. The molecule has 0 spiro atoms. The SMILES string of the molecule is CCCCCCCCCCCCCO[C@H]([C@H](O)CO)[C@@](O)(CCCCCCCCCCCCC)[C@H](O)CO. The molecule has 4 atom stereocenters. The van der Waals surface area contributed by atoms with E-state index in [0.29, 0.717) is 13.0 Å². The molecule has 5 N–H and O–H groups in total. The summed E-state index contributed by atoms with van der Waals surface area (Å²) in [5, 5.41) is 51.5. The molecule has 6 nitrogen and oxygen atoms in total. The second kappa shape index (κ2) is 27.0. The summed E-state index contributed by atoms with van der Waals surface area (Å²) >= 11 is 0. The van der Waals surface area contributed by atoms with E-state index in [9.17, 15) is 25.5 Å². The lowest BCUT2D eigenvalue weighted by Gasteiger charge is -2.41. The summed E-state index contributed by atoms with van der Waals surface area (Å²) in [5.74, 6) is 0. The largest absolute Gasteiger partial charge is 0.394 e. The lowest BCUT2D eigenvalue weighted by atomic mass is 9.82. The Morgan fingerprint density at radius 2 is 0.895 bits per heavy atom. The molecule has 0 saturated heterocycles. The summed E-state index contributed by atoms with van der Waals surface area (Å²) in [6.07, 6.45) is 22.6. The van der Waals surface area contributed by atoms with Gasteiger partial charge in [0.2, 0.25) is 0 Å². The monoisotopic (exact) mass is 546 g/mol. The van der Waals surface area contributed by atoms with Crippen LogP contribution >= 0.6 is 0 Å². The van der Waals surface area contributed by atoms with Crippen LogP contribution in [-0.2, 0) is 4.74 Å². The Morgan fingerprint density at radius 3 is 1.26 bits per heavy atom. The van der Waals surface area contributed by atoms with Crippen LogP contribution in [0.2, 0.25) is 0 Å². The minimum absolute atomic E-state index is 0.214. The van der Waals surface area contributed by atoms with Gasteiger partial charge in [-0.1, -0.05) is 149 Å². The first-order valence-electron chi connectivity index (χ1n) is 16.4. The van der Waals surface area contributed by atoms with Crippen LogP contribution in [0.1, 0.15) is 162 Å². The Morgan fingerprint density at radius 1 is 0.526 bits per heavy atom. The van der Waals surface area contributed by atoms with E-state index in [1.807, 2.05) is 0 Å². The highest BCUT2D eigenvalue weighted by Crippen LogP contribution is 2.29. The minimum Gasteiger partial charge on any atom is -0.394 e. The predicted octanol–water partition coefficient (Wildman–Crippen LogP) is 6.82. The van der Waals surface area contributed by atoms with Gasteiger partial charge in [0.25, 0.3) is 0 Å². The van der Waals surface area contributed by atoms with Gasteiger partial charge in [-0.05, 0) is 12.8 Å². The second-order valence-corrected chi connectivity index (χ2v) is 11.6. The van der Waals surface area contributed by atoms with Gasteiger partial charge in [-0.25, -0.2) is 0 Å². The zero-order valence-corrected chi connectivity index (χ0v) is 25.3. The normalized spacial score (nSPS) is 15.9. The van der Waals surface area contributed by atoms with E-state index in [0.717, 1.165) is 38.5 Å². The molecule has 0 aliphatic heterocycles. The second-order valence-electron chi connectivity index (χ2n) is 11.6. The lowest BCUT2D eigenvalue weighted by molar-refractivity contribution is -0.211. The van der Waals surface area contributed by atoms with Gasteiger partial charge in [0, 0.05) is 6.61 Å². The molecule has 0 aromatic carbocycles. The maximum Gasteiger partial charge on any atom is 0.121 e. The van der Waals surface area contributed by atoms with Crippen molar-refractivity contribution in [3.8, 4) is 0 Å². The van der Waals surface area contributed by atoms with Crippen molar-refractivity contribution in [2.24, 2.45) is 0 Å². The van der Waals surface area contributed by atoms with Gasteiger partial charge < -0.3 is 30.3 Å². The molecular formula is C32H66O6. The summed E-state index contributed by atoms with van der Waals surface area (Å²) in [6, 6.07) is 0. The molecule has 0 saturated carbocycles. The van der Waals surface area contributed by atoms with Crippen LogP contribution in [-0.4, -0.2) is 69.3 Å². The third-order valence-corrected chi connectivity index (χ3v) is 8.01. The Labute approximate surface area is 235 Å². The summed E-state index contributed by atoms with van der Waals surface area (Å²) < 4.78 is 5.88. The molecule has 230 valence electrons. The average molecular weight is 547 g/mol. The van der Waals surface area contributed by atoms with Crippen molar-refractivity contribution >= 4 is 0 Å². The van der Waals surface area contributed by atoms with E-state index in [1.54, 1.807) is 0 Å². The summed E-state index contributed by atoms with van der Waals surface area (Å²) in [4.78, 5) is 0. The first-order chi connectivity index (χ1) is 18.5. The molecule has 0 aliphatic carbocycles. The smallest absolute Gasteiger partial charge is 0.121 e. The van der Waals surface area contributed by atoms with Crippen LogP contribution in [0, 0.1) is 0 Å². The third-order valence-electron chi connectivity index (χ3n) is 8.01. The molecule has 0 fully saturated rings. The molecule has 0 bridgehead atoms. The van der Waals surface area contributed by atoms with Gasteiger partial charge in [-0.15, -0.1) is 0 Å². The maximum absolute atomic E-state index is 11.4. The van der Waals surface area contributed by atoms with Crippen LogP contribution < -0.4 is 0 Å². The Bertz CT molecular complexity index is 477. The fourth-order valence-electron chi connectivity index (χ4n) is 5.39. The molecule has 38 heavy (non-hydrogen) atoms. The Hall–Kier alpha value is -0.240. The standard InChI is InChI=1S/C32H66O6/c1-3-5-7-9-11-13-15-17-19-21-23-25-32(37,30(36)28-34)31(29(35)27-33)38-26-24-22-20-18-16-14-12-10-8-6-4-2/h29-31,33-37H,3-28H2,1-2H3/t29-,30-,31-,32-/m1/s1. The fraction of sp³-hybridized carbons (Fsp3) is 1.00. The van der Waals surface area contributed by atoms with Crippen molar-refractivity contribution in [1.29, 1.82) is 0 Å². The average Bonchev–Trinajstić information content (AvgIpc) is 2.93. The number of hydrogen-bond acceptors (Lipinski definition) is 6.